The molecule has 0 saturated carbocycles. The molecular formula is C31H29N9O3. The van der Waals surface area contributed by atoms with E-state index in [1.165, 1.54) is 11.2 Å². The lowest BCUT2D eigenvalue weighted by molar-refractivity contribution is 0.0827. The fourth-order valence-electron chi connectivity index (χ4n) is 4.68. The first-order chi connectivity index (χ1) is 20.9. The molecule has 0 bridgehead atoms. The Bertz CT molecular complexity index is 1760. The Morgan fingerprint density at radius 3 is 2.12 bits per heavy atom. The lowest BCUT2D eigenvalue weighted by Crippen LogP contribution is -2.37. The topological polar surface area (TPSA) is 138 Å². The van der Waals surface area contributed by atoms with E-state index in [1.54, 1.807) is 69.1 Å². The molecule has 12 heteroatoms. The molecule has 0 unspecified atom stereocenters. The summed E-state index contributed by atoms with van der Waals surface area (Å²) in [6, 6.07) is 15.6. The molecule has 0 atom stereocenters. The molecule has 5 aromatic rings. The second kappa shape index (κ2) is 12.2. The number of fused-ring (bicyclic) bond motifs is 1. The van der Waals surface area contributed by atoms with Crippen LogP contribution in [0.5, 0.6) is 0 Å². The van der Waals surface area contributed by atoms with Crippen LogP contribution in [0.3, 0.4) is 0 Å². The summed E-state index contributed by atoms with van der Waals surface area (Å²) in [6.45, 7) is 2.63. The van der Waals surface area contributed by atoms with E-state index in [4.69, 9.17) is 19.7 Å². The molecule has 12 nitrogen and oxygen atoms in total. The number of nitrogens with one attached hydrogen (secondary N) is 2. The summed E-state index contributed by atoms with van der Waals surface area (Å²) >= 11 is 0. The number of hydrogen-bond acceptors (Lipinski definition) is 9. The minimum atomic E-state index is -0.403. The number of anilines is 3. The molecule has 0 aliphatic carbocycles. The highest BCUT2D eigenvalue weighted by molar-refractivity contribution is 6.00. The van der Waals surface area contributed by atoms with Gasteiger partial charge >= 0.3 is 6.03 Å². The number of rotatable bonds is 6. The molecule has 2 aromatic carbocycles. The Hall–Kier alpha value is -5.49. The van der Waals surface area contributed by atoms with Crippen molar-refractivity contribution in [3.05, 3.63) is 85.1 Å². The SMILES string of the molecule is CN(C)C(=O)c1ccc(NC(=O)Nc2ccc(-c3nc(N4CCOCC4)c4ncc(-c5cncnc5)cc4n3)cc2)cc1. The van der Waals surface area contributed by atoms with E-state index < -0.39 is 6.03 Å². The fourth-order valence-corrected chi connectivity index (χ4v) is 4.68. The van der Waals surface area contributed by atoms with E-state index in [0.29, 0.717) is 60.1 Å². The third-order valence-electron chi connectivity index (χ3n) is 6.92. The molecule has 0 radical (unpaired) electrons. The zero-order chi connectivity index (χ0) is 29.8. The number of carbonyl (C=O) groups excluding carboxylic acids is 2. The van der Waals surface area contributed by atoms with E-state index in [1.807, 2.05) is 18.2 Å². The van der Waals surface area contributed by atoms with Crippen LogP contribution in [0.2, 0.25) is 0 Å². The lowest BCUT2D eigenvalue weighted by Gasteiger charge is -2.28. The van der Waals surface area contributed by atoms with Gasteiger partial charge in [0, 0.05) is 79.4 Å². The average molecular weight is 576 g/mol. The summed E-state index contributed by atoms with van der Waals surface area (Å²) in [5, 5.41) is 5.62. The third kappa shape index (κ3) is 6.23. The highest BCUT2D eigenvalue weighted by Crippen LogP contribution is 2.30. The number of benzene rings is 2. The Morgan fingerprint density at radius 2 is 1.47 bits per heavy atom. The van der Waals surface area contributed by atoms with Crippen LogP contribution in [0.25, 0.3) is 33.5 Å². The fraction of sp³-hybridized carbons (Fsp3) is 0.194. The van der Waals surface area contributed by atoms with Crippen molar-refractivity contribution in [1.82, 2.24) is 29.8 Å². The van der Waals surface area contributed by atoms with E-state index in [2.05, 4.69) is 25.5 Å². The van der Waals surface area contributed by atoms with Crippen molar-refractivity contribution in [2.45, 2.75) is 0 Å². The molecule has 216 valence electrons. The second-order valence-corrected chi connectivity index (χ2v) is 10.1. The van der Waals surface area contributed by atoms with Gasteiger partial charge in [-0.15, -0.1) is 0 Å². The van der Waals surface area contributed by atoms with E-state index in [9.17, 15) is 9.59 Å². The van der Waals surface area contributed by atoms with Crippen molar-refractivity contribution in [2.75, 3.05) is 55.9 Å². The monoisotopic (exact) mass is 575 g/mol. The maximum atomic E-state index is 12.6. The number of ether oxygens (including phenoxy) is 1. The van der Waals surface area contributed by atoms with Crippen LogP contribution in [-0.4, -0.2) is 82.2 Å². The second-order valence-electron chi connectivity index (χ2n) is 10.1. The van der Waals surface area contributed by atoms with Gasteiger partial charge in [0.2, 0.25) is 0 Å². The molecule has 3 aromatic heterocycles. The van der Waals surface area contributed by atoms with Gasteiger partial charge in [0.15, 0.2) is 11.6 Å². The van der Waals surface area contributed by atoms with Crippen molar-refractivity contribution >= 4 is 40.2 Å². The third-order valence-corrected chi connectivity index (χ3v) is 6.92. The van der Waals surface area contributed by atoms with Gasteiger partial charge in [-0.1, -0.05) is 0 Å². The van der Waals surface area contributed by atoms with Crippen LogP contribution in [0, 0.1) is 0 Å². The van der Waals surface area contributed by atoms with Crippen molar-refractivity contribution in [3.8, 4) is 22.5 Å². The summed E-state index contributed by atoms with van der Waals surface area (Å²) in [5.74, 6) is 1.19. The molecule has 1 fully saturated rings. The van der Waals surface area contributed by atoms with Gasteiger partial charge in [-0.05, 0) is 54.6 Å². The van der Waals surface area contributed by atoms with Crippen LogP contribution in [0.15, 0.2) is 79.5 Å². The summed E-state index contributed by atoms with van der Waals surface area (Å²) in [6.07, 6.45) is 6.76. The normalized spacial score (nSPS) is 13.0. The Morgan fingerprint density at radius 1 is 0.814 bits per heavy atom. The zero-order valence-electron chi connectivity index (χ0n) is 23.7. The Labute approximate surface area is 247 Å². The smallest absolute Gasteiger partial charge is 0.323 e. The van der Waals surface area contributed by atoms with Crippen molar-refractivity contribution in [1.29, 1.82) is 0 Å². The first-order valence-electron chi connectivity index (χ1n) is 13.7. The maximum absolute atomic E-state index is 12.6. The first-order valence-corrected chi connectivity index (χ1v) is 13.7. The predicted molar refractivity (Wildman–Crippen MR) is 164 cm³/mol. The molecule has 1 saturated heterocycles. The summed E-state index contributed by atoms with van der Waals surface area (Å²) in [5.41, 5.74) is 5.61. The zero-order valence-corrected chi connectivity index (χ0v) is 23.7. The lowest BCUT2D eigenvalue weighted by atomic mass is 10.1. The highest BCUT2D eigenvalue weighted by atomic mass is 16.5. The van der Waals surface area contributed by atoms with Crippen LogP contribution < -0.4 is 15.5 Å². The van der Waals surface area contributed by atoms with Gasteiger partial charge < -0.3 is 25.2 Å². The van der Waals surface area contributed by atoms with Crippen molar-refractivity contribution in [2.24, 2.45) is 0 Å². The van der Waals surface area contributed by atoms with Crippen LogP contribution >= 0.6 is 0 Å². The van der Waals surface area contributed by atoms with Gasteiger partial charge in [-0.3, -0.25) is 9.78 Å². The molecule has 0 spiro atoms. The number of hydrogen-bond donors (Lipinski definition) is 2. The van der Waals surface area contributed by atoms with E-state index in [0.717, 1.165) is 22.5 Å². The van der Waals surface area contributed by atoms with E-state index in [-0.39, 0.29) is 5.91 Å². The quantitative estimate of drug-likeness (QED) is 0.303. The maximum Gasteiger partial charge on any atom is 0.323 e. The van der Waals surface area contributed by atoms with Crippen LogP contribution in [-0.2, 0) is 4.74 Å². The molecule has 6 rings (SSSR count). The van der Waals surface area contributed by atoms with Gasteiger partial charge in [-0.2, -0.15) is 0 Å². The number of urea groups is 1. The largest absolute Gasteiger partial charge is 0.378 e. The van der Waals surface area contributed by atoms with Crippen LogP contribution in [0.1, 0.15) is 10.4 Å². The Kier molecular flexibility index (Phi) is 7.83. The number of aromatic nitrogens is 5. The minimum Gasteiger partial charge on any atom is -0.378 e. The molecule has 3 amide bonds. The molecule has 43 heavy (non-hydrogen) atoms. The summed E-state index contributed by atoms with van der Waals surface area (Å²) < 4.78 is 5.56. The number of nitrogens with zero attached hydrogens (tertiary/aromatic N) is 7. The highest BCUT2D eigenvalue weighted by Gasteiger charge is 2.20. The van der Waals surface area contributed by atoms with Gasteiger partial charge in [0.05, 0.1) is 18.7 Å². The van der Waals surface area contributed by atoms with Crippen LogP contribution in [0.4, 0.5) is 22.0 Å². The molecular weight excluding hydrogens is 546 g/mol. The first kappa shape index (κ1) is 27.7. The molecule has 2 N–H and O–H groups in total. The molecule has 4 heterocycles. The number of pyridine rings is 1. The van der Waals surface area contributed by atoms with Gasteiger partial charge in [0.25, 0.3) is 5.91 Å². The van der Waals surface area contributed by atoms with Gasteiger partial charge in [0.1, 0.15) is 11.8 Å². The average Bonchev–Trinajstić information content (AvgIpc) is 3.05. The number of morpholine rings is 1. The van der Waals surface area contributed by atoms with Gasteiger partial charge in [-0.25, -0.2) is 24.7 Å². The minimum absolute atomic E-state index is 0.106. The summed E-state index contributed by atoms with van der Waals surface area (Å²) in [7, 11) is 3.38. The standard InChI is InChI=1S/C31H29N9O3/c1-39(2)30(41)21-5-9-25(10-6-21)36-31(42)35-24-7-3-20(4-8-24)28-37-26-15-22(23-16-32-19-33-17-23)18-34-27(26)29(38-28)40-11-13-43-14-12-40/h3-10,15-19H,11-14H2,1-2H3,(H2,35,36,42). The molecule has 1 aliphatic rings. The number of amides is 3. The van der Waals surface area contributed by atoms with Crippen molar-refractivity contribution in [3.63, 3.8) is 0 Å². The van der Waals surface area contributed by atoms with E-state index >= 15 is 0 Å². The van der Waals surface area contributed by atoms with Crippen molar-refractivity contribution < 1.29 is 14.3 Å². The molecule has 1 aliphatic heterocycles. The summed E-state index contributed by atoms with van der Waals surface area (Å²) in [4.78, 5) is 51.1. The number of carbonyl (C=O) groups is 2. The Balaban J connectivity index is 1.23. The predicted octanol–water partition coefficient (Wildman–Crippen LogP) is 4.33.